The molecule has 1 N–H and O–H groups in total. The van der Waals surface area contributed by atoms with E-state index in [-0.39, 0.29) is 11.9 Å². The van der Waals surface area contributed by atoms with Crippen molar-refractivity contribution < 1.29 is 19.1 Å². The Bertz CT molecular complexity index is 786. The summed E-state index contributed by atoms with van der Waals surface area (Å²) in [5, 5.41) is 2.96. The van der Waals surface area contributed by atoms with E-state index in [2.05, 4.69) is 10.2 Å². The van der Waals surface area contributed by atoms with Gasteiger partial charge < -0.3 is 19.7 Å². The second-order valence-corrected chi connectivity index (χ2v) is 7.26. The number of ether oxygens (including phenoxy) is 2. The summed E-state index contributed by atoms with van der Waals surface area (Å²) in [4.78, 5) is 31.4. The molecule has 0 saturated carbocycles. The molecule has 1 aromatic carbocycles. The van der Waals surface area contributed by atoms with Gasteiger partial charge in [-0.25, -0.2) is 4.79 Å². The number of amides is 3. The highest BCUT2D eigenvalue weighted by atomic mass is 16.5. The predicted molar refractivity (Wildman–Crippen MR) is 103 cm³/mol. The molecule has 8 heteroatoms. The molecule has 0 aliphatic carbocycles. The number of morpholine rings is 1. The van der Waals surface area contributed by atoms with Crippen LogP contribution >= 0.6 is 0 Å². The van der Waals surface area contributed by atoms with Gasteiger partial charge in [0.15, 0.2) is 0 Å². The minimum Gasteiger partial charge on any atom is -0.497 e. The topological polar surface area (TPSA) is 74.4 Å². The molecule has 1 saturated heterocycles. The fraction of sp³-hybridized carbons (Fsp3) is 0.500. The Kier molecular flexibility index (Phi) is 5.23. The molecular weight excluding hydrogens is 360 g/mol. The van der Waals surface area contributed by atoms with Gasteiger partial charge in [-0.15, -0.1) is 0 Å². The standard InChI is InChI=1S/C20H26N4O4/c1-22-16-13-24(8-7-23-9-11-28-12-10-23)19(25)17(16)18(21-20(22)26)14-3-5-15(27-2)6-4-14/h3-6,18H,7-13H2,1-2H3,(H,21,26). The molecule has 3 heterocycles. The minimum absolute atomic E-state index is 0.00377. The number of carbonyl (C=O) groups is 2. The monoisotopic (exact) mass is 386 g/mol. The van der Waals surface area contributed by atoms with Gasteiger partial charge in [-0.05, 0) is 17.7 Å². The first kappa shape index (κ1) is 18.8. The number of urea groups is 1. The zero-order chi connectivity index (χ0) is 19.7. The Morgan fingerprint density at radius 3 is 2.54 bits per heavy atom. The largest absolute Gasteiger partial charge is 0.497 e. The van der Waals surface area contributed by atoms with E-state index >= 15 is 0 Å². The molecule has 0 spiro atoms. The summed E-state index contributed by atoms with van der Waals surface area (Å²) >= 11 is 0. The second kappa shape index (κ2) is 7.81. The van der Waals surface area contributed by atoms with Gasteiger partial charge in [0.25, 0.3) is 5.91 Å². The van der Waals surface area contributed by atoms with Gasteiger partial charge in [-0.2, -0.15) is 0 Å². The number of carbonyl (C=O) groups excluding carboxylic acids is 2. The van der Waals surface area contributed by atoms with Crippen molar-refractivity contribution in [2.45, 2.75) is 6.04 Å². The van der Waals surface area contributed by atoms with Crippen LogP contribution in [0.5, 0.6) is 5.75 Å². The number of likely N-dealkylation sites (N-methyl/N-ethyl adjacent to an activating group) is 1. The lowest BCUT2D eigenvalue weighted by Crippen LogP contribution is -2.45. The van der Waals surface area contributed by atoms with Crippen LogP contribution in [-0.2, 0) is 9.53 Å². The number of nitrogens with zero attached hydrogens (tertiary/aromatic N) is 3. The lowest BCUT2D eigenvalue weighted by atomic mass is 9.95. The van der Waals surface area contributed by atoms with Crippen molar-refractivity contribution in [3.8, 4) is 5.75 Å². The first-order valence-corrected chi connectivity index (χ1v) is 9.59. The van der Waals surface area contributed by atoms with Crippen molar-refractivity contribution in [2.24, 2.45) is 0 Å². The molecule has 3 amide bonds. The van der Waals surface area contributed by atoms with Gasteiger partial charge in [0.1, 0.15) is 5.75 Å². The molecule has 8 nitrogen and oxygen atoms in total. The van der Waals surface area contributed by atoms with Crippen molar-refractivity contribution in [3.63, 3.8) is 0 Å². The maximum atomic E-state index is 13.2. The molecule has 0 radical (unpaired) electrons. The number of rotatable bonds is 5. The molecule has 1 aromatic rings. The summed E-state index contributed by atoms with van der Waals surface area (Å²) in [6.45, 7) is 5.19. The van der Waals surface area contributed by atoms with Crippen LogP contribution in [0.4, 0.5) is 4.79 Å². The summed E-state index contributed by atoms with van der Waals surface area (Å²) < 4.78 is 10.6. The van der Waals surface area contributed by atoms with Crippen LogP contribution in [0.1, 0.15) is 11.6 Å². The molecule has 1 unspecified atom stereocenters. The number of hydrogen-bond donors (Lipinski definition) is 1. The number of nitrogens with one attached hydrogen (secondary N) is 1. The van der Waals surface area contributed by atoms with Crippen LogP contribution in [0.2, 0.25) is 0 Å². The average molecular weight is 386 g/mol. The smallest absolute Gasteiger partial charge is 0.322 e. The molecule has 1 fully saturated rings. The SMILES string of the molecule is COc1ccc(C2NC(=O)N(C)C3=C2C(=O)N(CCN2CCOCC2)C3)cc1. The van der Waals surface area contributed by atoms with E-state index in [1.807, 2.05) is 29.2 Å². The summed E-state index contributed by atoms with van der Waals surface area (Å²) in [5.74, 6) is 0.734. The fourth-order valence-corrected chi connectivity index (χ4v) is 3.94. The third-order valence-corrected chi connectivity index (χ3v) is 5.67. The van der Waals surface area contributed by atoms with Gasteiger partial charge in [0, 0.05) is 33.2 Å². The minimum atomic E-state index is -0.439. The highest BCUT2D eigenvalue weighted by molar-refractivity contribution is 6.01. The van der Waals surface area contributed by atoms with E-state index in [9.17, 15) is 9.59 Å². The summed E-state index contributed by atoms with van der Waals surface area (Å²) in [6, 6.07) is 6.84. The molecule has 3 aliphatic heterocycles. The van der Waals surface area contributed by atoms with Crippen LogP contribution < -0.4 is 10.1 Å². The van der Waals surface area contributed by atoms with Crippen molar-refractivity contribution >= 4 is 11.9 Å². The Balaban J connectivity index is 1.53. The van der Waals surface area contributed by atoms with Crippen molar-refractivity contribution in [3.05, 3.63) is 41.1 Å². The van der Waals surface area contributed by atoms with Crippen LogP contribution in [0, 0.1) is 0 Å². The number of methoxy groups -OCH3 is 1. The Hall–Kier alpha value is -2.58. The van der Waals surface area contributed by atoms with Crippen molar-refractivity contribution in [2.75, 3.05) is 60.1 Å². The summed E-state index contributed by atoms with van der Waals surface area (Å²) in [7, 11) is 3.33. The third-order valence-electron chi connectivity index (χ3n) is 5.67. The first-order chi connectivity index (χ1) is 13.6. The van der Waals surface area contributed by atoms with Crippen molar-refractivity contribution in [1.82, 2.24) is 20.0 Å². The van der Waals surface area contributed by atoms with Gasteiger partial charge >= 0.3 is 6.03 Å². The molecule has 28 heavy (non-hydrogen) atoms. The van der Waals surface area contributed by atoms with Crippen LogP contribution in [-0.4, -0.2) is 86.7 Å². The van der Waals surface area contributed by atoms with Gasteiger partial charge in [-0.1, -0.05) is 12.1 Å². The average Bonchev–Trinajstić information content (AvgIpc) is 3.07. The molecule has 0 aromatic heterocycles. The third kappa shape index (κ3) is 3.45. The molecule has 1 atom stereocenters. The van der Waals surface area contributed by atoms with E-state index in [4.69, 9.17) is 9.47 Å². The Labute approximate surface area is 164 Å². The number of hydrogen-bond acceptors (Lipinski definition) is 5. The zero-order valence-corrected chi connectivity index (χ0v) is 16.3. The maximum Gasteiger partial charge on any atom is 0.322 e. The van der Waals surface area contributed by atoms with Gasteiger partial charge in [0.05, 0.1) is 44.2 Å². The first-order valence-electron chi connectivity index (χ1n) is 9.59. The quantitative estimate of drug-likeness (QED) is 0.811. The zero-order valence-electron chi connectivity index (χ0n) is 16.3. The highest BCUT2D eigenvalue weighted by Gasteiger charge is 2.42. The fourth-order valence-electron chi connectivity index (χ4n) is 3.94. The molecular formula is C20H26N4O4. The van der Waals surface area contributed by atoms with E-state index in [1.165, 1.54) is 0 Å². The maximum absolute atomic E-state index is 13.2. The summed E-state index contributed by atoms with van der Waals surface area (Å²) in [5.41, 5.74) is 2.32. The molecule has 0 bridgehead atoms. The number of benzene rings is 1. The van der Waals surface area contributed by atoms with Gasteiger partial charge in [0.2, 0.25) is 0 Å². The Morgan fingerprint density at radius 2 is 1.86 bits per heavy atom. The predicted octanol–water partition coefficient (Wildman–Crippen LogP) is 0.820. The summed E-state index contributed by atoms with van der Waals surface area (Å²) in [6.07, 6.45) is 0. The van der Waals surface area contributed by atoms with E-state index in [0.29, 0.717) is 18.7 Å². The lowest BCUT2D eigenvalue weighted by Gasteiger charge is -2.31. The van der Waals surface area contributed by atoms with Crippen molar-refractivity contribution in [1.29, 1.82) is 0 Å². The lowest BCUT2D eigenvalue weighted by molar-refractivity contribution is -0.126. The van der Waals surface area contributed by atoms with Crippen LogP contribution in [0.25, 0.3) is 0 Å². The van der Waals surface area contributed by atoms with Crippen LogP contribution in [0.3, 0.4) is 0 Å². The Morgan fingerprint density at radius 1 is 1.14 bits per heavy atom. The normalized spacial score (nSPS) is 23.1. The second-order valence-electron chi connectivity index (χ2n) is 7.26. The molecule has 4 rings (SSSR count). The van der Waals surface area contributed by atoms with E-state index < -0.39 is 6.04 Å². The van der Waals surface area contributed by atoms with Crippen LogP contribution in [0.15, 0.2) is 35.5 Å². The van der Waals surface area contributed by atoms with E-state index in [0.717, 1.165) is 49.9 Å². The highest BCUT2D eigenvalue weighted by Crippen LogP contribution is 2.36. The molecule has 150 valence electrons. The van der Waals surface area contributed by atoms with E-state index in [1.54, 1.807) is 19.1 Å². The van der Waals surface area contributed by atoms with Gasteiger partial charge in [-0.3, -0.25) is 14.6 Å². The molecule has 3 aliphatic rings.